The number of nitrogens with zero attached hydrogens (tertiary/aromatic N) is 2. The molecule has 1 saturated carbocycles. The number of benzene rings is 5. The third-order valence-corrected chi connectivity index (χ3v) is 11.8. The van der Waals surface area contributed by atoms with E-state index in [1.165, 1.54) is 87.7 Å². The van der Waals surface area contributed by atoms with E-state index in [0.717, 1.165) is 5.69 Å². The Morgan fingerprint density at radius 3 is 2.15 bits per heavy atom. The van der Waals surface area contributed by atoms with Gasteiger partial charge in [0.1, 0.15) is 0 Å². The number of hydrogen-bond donors (Lipinski definition) is 0. The van der Waals surface area contributed by atoms with Gasteiger partial charge in [-0.1, -0.05) is 155 Å². The second-order valence-corrected chi connectivity index (χ2v) is 16.0. The molecule has 0 saturated heterocycles. The van der Waals surface area contributed by atoms with Crippen molar-refractivity contribution in [3.63, 3.8) is 0 Å². The molecule has 0 amide bonds. The Morgan fingerprint density at radius 1 is 0.635 bits per heavy atom. The lowest BCUT2D eigenvalue weighted by molar-refractivity contribution is 0.373. The molecule has 6 aromatic rings. The van der Waals surface area contributed by atoms with Crippen molar-refractivity contribution in [2.75, 3.05) is 4.90 Å². The molecule has 0 aliphatic heterocycles. The number of fused-ring (bicyclic) bond motifs is 4. The van der Waals surface area contributed by atoms with E-state index >= 15 is 0 Å². The predicted octanol–water partition coefficient (Wildman–Crippen LogP) is 13.8. The molecule has 2 atom stereocenters. The monoisotopic (exact) mass is 676 g/mol. The fourth-order valence-electron chi connectivity index (χ4n) is 9.21. The summed E-state index contributed by atoms with van der Waals surface area (Å²) in [5.41, 5.74) is 13.0. The van der Waals surface area contributed by atoms with Crippen LogP contribution in [0.2, 0.25) is 0 Å². The van der Waals surface area contributed by atoms with Crippen LogP contribution in [0.4, 0.5) is 17.1 Å². The minimum Gasteiger partial charge on any atom is -0.310 e. The van der Waals surface area contributed by atoms with Gasteiger partial charge in [-0.25, -0.2) is 0 Å². The largest absolute Gasteiger partial charge is 0.310 e. The van der Waals surface area contributed by atoms with Crippen LogP contribution >= 0.6 is 0 Å². The maximum atomic E-state index is 2.52. The highest BCUT2D eigenvalue weighted by molar-refractivity contribution is 6.10. The lowest BCUT2D eigenvalue weighted by Gasteiger charge is -2.39. The summed E-state index contributed by atoms with van der Waals surface area (Å²) >= 11 is 0. The van der Waals surface area contributed by atoms with Crippen molar-refractivity contribution in [1.29, 1.82) is 0 Å². The summed E-state index contributed by atoms with van der Waals surface area (Å²) in [6, 6.07) is 45.2. The highest BCUT2D eigenvalue weighted by Gasteiger charge is 2.36. The third-order valence-electron chi connectivity index (χ3n) is 11.8. The Hall–Kier alpha value is -5.34. The van der Waals surface area contributed by atoms with Crippen LogP contribution in [0.1, 0.15) is 69.9 Å². The topological polar surface area (TPSA) is 8.17 Å². The van der Waals surface area contributed by atoms with Crippen molar-refractivity contribution >= 4 is 38.9 Å². The van der Waals surface area contributed by atoms with E-state index < -0.39 is 0 Å². The summed E-state index contributed by atoms with van der Waals surface area (Å²) in [7, 11) is 0. The Labute approximate surface area is 309 Å². The van der Waals surface area contributed by atoms with Crippen LogP contribution in [0.5, 0.6) is 0 Å². The van der Waals surface area contributed by atoms with Crippen LogP contribution < -0.4 is 4.90 Å². The lowest BCUT2D eigenvalue weighted by Crippen LogP contribution is -2.26. The lowest BCUT2D eigenvalue weighted by atomic mass is 9.66. The Kier molecular flexibility index (Phi) is 8.35. The molecule has 1 fully saturated rings. The molecule has 2 unspecified atom stereocenters. The summed E-state index contributed by atoms with van der Waals surface area (Å²) in [4.78, 5) is 2.52. The molecule has 9 rings (SSSR count). The van der Waals surface area contributed by atoms with E-state index in [0.29, 0.717) is 11.8 Å². The molecule has 0 N–H and O–H groups in total. The first kappa shape index (κ1) is 32.6. The van der Waals surface area contributed by atoms with Crippen LogP contribution in [0.25, 0.3) is 27.5 Å². The summed E-state index contributed by atoms with van der Waals surface area (Å²) in [5, 5.41) is 2.54. The molecule has 1 heterocycles. The number of hydrogen-bond acceptors (Lipinski definition) is 1. The van der Waals surface area contributed by atoms with Gasteiger partial charge in [0.05, 0.1) is 11.0 Å². The van der Waals surface area contributed by atoms with Crippen LogP contribution in [-0.4, -0.2) is 4.57 Å². The number of anilines is 3. The first-order valence-electron chi connectivity index (χ1n) is 19.3. The van der Waals surface area contributed by atoms with Crippen LogP contribution in [0.15, 0.2) is 169 Å². The van der Waals surface area contributed by atoms with Crippen molar-refractivity contribution in [2.45, 2.75) is 64.2 Å². The van der Waals surface area contributed by atoms with E-state index in [4.69, 9.17) is 0 Å². The standard InChI is InChI=1S/C50H48N2/c1-50(2,3)37-28-30-39(31-29-37)51(40-32-33-44-42-22-10-13-27-47(42)52(48(44)34-40)38-20-8-5-9-21-38)46-26-12-11-23-43(46)45-25-15-19-36-18-14-24-41(49(36)45)35-16-6-4-7-17-35/h5,8-15,18-35,45,49H,4,6-7,16-17H2,1-3H3. The first-order chi connectivity index (χ1) is 25.5. The van der Waals surface area contributed by atoms with Gasteiger partial charge >= 0.3 is 0 Å². The summed E-state index contributed by atoms with van der Waals surface area (Å²) in [6.07, 6.45) is 20.9. The van der Waals surface area contributed by atoms with E-state index in [1.807, 2.05) is 0 Å². The Morgan fingerprint density at radius 2 is 1.35 bits per heavy atom. The zero-order chi connectivity index (χ0) is 35.2. The van der Waals surface area contributed by atoms with Crippen LogP contribution in [0.3, 0.4) is 0 Å². The van der Waals surface area contributed by atoms with Gasteiger partial charge in [-0.05, 0) is 89.4 Å². The molecule has 1 aromatic heterocycles. The Bertz CT molecular complexity index is 2370. The fraction of sp³-hybridized carbons (Fsp3) is 0.240. The number of para-hydroxylation sites is 3. The number of allylic oxidation sites excluding steroid dienone is 8. The molecule has 3 aliphatic carbocycles. The van der Waals surface area contributed by atoms with Gasteiger partial charge < -0.3 is 9.47 Å². The van der Waals surface area contributed by atoms with Gasteiger partial charge in [0.15, 0.2) is 0 Å². The van der Waals surface area contributed by atoms with Gasteiger partial charge in [0.2, 0.25) is 0 Å². The van der Waals surface area contributed by atoms with Crippen molar-refractivity contribution in [3.05, 3.63) is 180 Å². The maximum absolute atomic E-state index is 2.52. The fourth-order valence-corrected chi connectivity index (χ4v) is 9.21. The zero-order valence-corrected chi connectivity index (χ0v) is 30.7. The number of aromatic nitrogens is 1. The number of rotatable bonds is 6. The molecule has 5 aromatic carbocycles. The van der Waals surface area contributed by atoms with Gasteiger partial charge in [-0.3, -0.25) is 0 Å². The highest BCUT2D eigenvalue weighted by atomic mass is 15.1. The van der Waals surface area contributed by atoms with Gasteiger partial charge in [0.25, 0.3) is 0 Å². The summed E-state index contributed by atoms with van der Waals surface area (Å²) < 4.78 is 2.43. The van der Waals surface area contributed by atoms with Crippen molar-refractivity contribution in [3.8, 4) is 5.69 Å². The van der Waals surface area contributed by atoms with Crippen molar-refractivity contribution in [1.82, 2.24) is 4.57 Å². The molecule has 258 valence electrons. The average Bonchev–Trinajstić information content (AvgIpc) is 3.52. The SMILES string of the molecule is CC(C)(C)c1ccc(N(c2ccc3c4ccccc4n(-c4ccccc4)c3c2)c2ccccc2C2C=CC=C3C=CC=C(C4CCCCC4)C32)cc1. The van der Waals surface area contributed by atoms with E-state index in [9.17, 15) is 0 Å². The van der Waals surface area contributed by atoms with Gasteiger partial charge in [-0.15, -0.1) is 0 Å². The molecule has 0 radical (unpaired) electrons. The average molecular weight is 677 g/mol. The third kappa shape index (κ3) is 5.75. The van der Waals surface area contributed by atoms with Crippen LogP contribution in [0, 0.1) is 11.8 Å². The van der Waals surface area contributed by atoms with Crippen molar-refractivity contribution in [2.24, 2.45) is 11.8 Å². The zero-order valence-electron chi connectivity index (χ0n) is 30.7. The minimum atomic E-state index is 0.0722. The van der Waals surface area contributed by atoms with Gasteiger partial charge in [-0.2, -0.15) is 0 Å². The minimum absolute atomic E-state index is 0.0722. The Balaban J connectivity index is 1.24. The molecular formula is C50H48N2. The molecular weight excluding hydrogens is 629 g/mol. The van der Waals surface area contributed by atoms with Gasteiger partial charge in [0, 0.05) is 45.4 Å². The molecule has 52 heavy (non-hydrogen) atoms. The quantitative estimate of drug-likeness (QED) is 0.170. The molecule has 0 bridgehead atoms. The molecule has 3 aliphatic rings. The maximum Gasteiger partial charge on any atom is 0.0561 e. The predicted molar refractivity (Wildman–Crippen MR) is 221 cm³/mol. The van der Waals surface area contributed by atoms with E-state index in [1.54, 1.807) is 5.57 Å². The second kappa shape index (κ2) is 13.3. The molecule has 2 nitrogen and oxygen atoms in total. The first-order valence-corrected chi connectivity index (χ1v) is 19.3. The van der Waals surface area contributed by atoms with Crippen LogP contribution in [-0.2, 0) is 5.41 Å². The normalized spacial score (nSPS) is 19.1. The smallest absolute Gasteiger partial charge is 0.0561 e. The molecule has 0 spiro atoms. The second-order valence-electron chi connectivity index (χ2n) is 16.0. The van der Waals surface area contributed by atoms with E-state index in [2.05, 4.69) is 188 Å². The highest BCUT2D eigenvalue weighted by Crippen LogP contribution is 2.50. The summed E-state index contributed by atoms with van der Waals surface area (Å²) in [6.45, 7) is 6.88. The van der Waals surface area contributed by atoms with Crippen molar-refractivity contribution < 1.29 is 0 Å². The van der Waals surface area contributed by atoms with E-state index in [-0.39, 0.29) is 11.3 Å². The summed E-state index contributed by atoms with van der Waals surface area (Å²) in [5.74, 6) is 1.26. The molecule has 2 heteroatoms.